The topological polar surface area (TPSA) is 63.7 Å². The molecule has 230 valence electrons. The molecule has 7 heteroatoms. The first-order chi connectivity index (χ1) is 22.8. The number of rotatable bonds is 6. The van der Waals surface area contributed by atoms with Crippen LogP contribution in [0.15, 0.2) is 133 Å². The maximum absolute atomic E-state index is 15.9. The van der Waals surface area contributed by atoms with Crippen molar-refractivity contribution in [3.05, 3.63) is 166 Å². The number of carbonyl (C=O) groups excluding carboxylic acids is 3. The van der Waals surface area contributed by atoms with Crippen molar-refractivity contribution in [2.45, 2.75) is 10.8 Å². The van der Waals surface area contributed by atoms with Crippen LogP contribution in [-0.4, -0.2) is 24.7 Å². The summed E-state index contributed by atoms with van der Waals surface area (Å²) in [6.45, 7) is 0. The van der Waals surface area contributed by atoms with Gasteiger partial charge in [-0.3, -0.25) is 14.4 Å². The molecule has 0 unspecified atom stereocenters. The lowest BCUT2D eigenvalue weighted by Gasteiger charge is -2.39. The van der Waals surface area contributed by atoms with E-state index in [1.54, 1.807) is 48.5 Å². The van der Waals surface area contributed by atoms with E-state index in [0.717, 1.165) is 11.1 Å². The van der Waals surface area contributed by atoms with Gasteiger partial charge in [0, 0.05) is 16.1 Å². The predicted octanol–water partition coefficient (Wildman–Crippen LogP) is 8.19. The van der Waals surface area contributed by atoms with Gasteiger partial charge in [0.2, 0.25) is 11.8 Å². The highest BCUT2D eigenvalue weighted by atomic mass is 35.5. The fraction of sp³-hybridized carbons (Fsp3) is 0.125. The van der Waals surface area contributed by atoms with Gasteiger partial charge in [-0.25, -0.2) is 4.90 Å². The second-order valence-corrected chi connectivity index (χ2v) is 13.0. The van der Waals surface area contributed by atoms with Crippen LogP contribution in [0, 0.1) is 11.8 Å². The summed E-state index contributed by atoms with van der Waals surface area (Å²) in [4.78, 5) is 47.3. The molecule has 0 spiro atoms. The number of hydrogen-bond donors (Lipinski definition) is 0. The molecule has 5 aromatic carbocycles. The highest BCUT2D eigenvalue weighted by Gasteiger charge is 2.82. The maximum atomic E-state index is 15.9. The molecule has 4 atom stereocenters. The van der Waals surface area contributed by atoms with Crippen LogP contribution in [0.2, 0.25) is 10.0 Å². The largest absolute Gasteiger partial charge is 0.497 e. The van der Waals surface area contributed by atoms with Gasteiger partial charge in [0.1, 0.15) is 5.75 Å². The van der Waals surface area contributed by atoms with Gasteiger partial charge in [0.25, 0.3) is 0 Å². The summed E-state index contributed by atoms with van der Waals surface area (Å²) < 4.78 is 5.46. The Morgan fingerprint density at radius 1 is 0.574 bits per heavy atom. The fourth-order valence-electron chi connectivity index (χ4n) is 8.36. The number of methoxy groups -OCH3 is 1. The first-order valence-electron chi connectivity index (χ1n) is 15.3. The number of nitrogens with zero attached hydrogens (tertiary/aromatic N) is 1. The summed E-state index contributed by atoms with van der Waals surface area (Å²) in [5.74, 6) is -2.68. The number of benzene rings is 5. The second kappa shape index (κ2) is 10.8. The van der Waals surface area contributed by atoms with E-state index < -0.39 is 34.5 Å². The fourth-order valence-corrected chi connectivity index (χ4v) is 8.61. The Kier molecular flexibility index (Phi) is 6.76. The van der Waals surface area contributed by atoms with E-state index in [4.69, 9.17) is 27.9 Å². The van der Waals surface area contributed by atoms with Crippen LogP contribution >= 0.6 is 23.2 Å². The van der Waals surface area contributed by atoms with Crippen LogP contribution in [0.4, 0.5) is 5.69 Å². The molecular formula is C40H27Cl2NO4. The lowest BCUT2D eigenvalue weighted by Crippen LogP contribution is -2.45. The van der Waals surface area contributed by atoms with E-state index >= 15 is 14.4 Å². The molecule has 2 aliphatic carbocycles. The van der Waals surface area contributed by atoms with E-state index in [9.17, 15) is 0 Å². The number of ketones is 1. The van der Waals surface area contributed by atoms with E-state index in [1.165, 1.54) is 12.0 Å². The molecule has 1 aliphatic heterocycles. The smallest absolute Gasteiger partial charge is 0.239 e. The van der Waals surface area contributed by atoms with Crippen molar-refractivity contribution in [3.63, 3.8) is 0 Å². The Bertz CT molecular complexity index is 1980. The SMILES string of the molecule is COc1cccc(N2C(=O)[C@@H]3[C@@H](C2=O)[C@@]2(c4ccc(Cl)cc4)C(=O)[C@@]3(c3ccc(Cl)cc3)C(c3ccccc3)=C2c2ccccc2)c1. The van der Waals surface area contributed by atoms with E-state index in [0.29, 0.717) is 43.8 Å². The third-order valence-corrected chi connectivity index (χ3v) is 10.5. The minimum Gasteiger partial charge on any atom is -0.497 e. The van der Waals surface area contributed by atoms with Gasteiger partial charge in [-0.15, -0.1) is 0 Å². The van der Waals surface area contributed by atoms with Crippen molar-refractivity contribution >= 4 is 57.6 Å². The van der Waals surface area contributed by atoms with Crippen LogP contribution in [0.3, 0.4) is 0 Å². The maximum Gasteiger partial charge on any atom is 0.239 e. The van der Waals surface area contributed by atoms with Gasteiger partial charge in [-0.05, 0) is 69.8 Å². The van der Waals surface area contributed by atoms with Crippen LogP contribution in [0.25, 0.3) is 11.1 Å². The number of hydrogen-bond acceptors (Lipinski definition) is 4. The zero-order valence-electron chi connectivity index (χ0n) is 25.2. The van der Waals surface area contributed by atoms with Crippen molar-refractivity contribution < 1.29 is 19.1 Å². The number of halogens is 2. The summed E-state index contributed by atoms with van der Waals surface area (Å²) in [6.07, 6.45) is 0. The zero-order valence-corrected chi connectivity index (χ0v) is 26.7. The number of imide groups is 1. The molecule has 0 aromatic heterocycles. The number of amides is 2. The van der Waals surface area contributed by atoms with Gasteiger partial charge < -0.3 is 4.74 Å². The number of anilines is 1. The Morgan fingerprint density at radius 3 is 1.45 bits per heavy atom. The van der Waals surface area contributed by atoms with Gasteiger partial charge in [0.05, 0.1) is 35.5 Å². The zero-order chi connectivity index (χ0) is 32.5. The normalized spacial score (nSPS) is 24.7. The third-order valence-electron chi connectivity index (χ3n) is 10.0. The molecule has 1 heterocycles. The van der Waals surface area contributed by atoms with Crippen molar-refractivity contribution in [2.75, 3.05) is 12.0 Å². The highest BCUT2D eigenvalue weighted by molar-refractivity contribution is 6.39. The molecule has 2 fully saturated rings. The molecule has 47 heavy (non-hydrogen) atoms. The summed E-state index contributed by atoms with van der Waals surface area (Å²) in [7, 11) is 1.54. The molecule has 2 bridgehead atoms. The summed E-state index contributed by atoms with van der Waals surface area (Å²) in [5.41, 5.74) is 1.56. The summed E-state index contributed by atoms with van der Waals surface area (Å²) in [6, 6.07) is 40.5. The van der Waals surface area contributed by atoms with Crippen LogP contribution < -0.4 is 9.64 Å². The molecular weight excluding hydrogens is 629 g/mol. The number of Topliss-reactive ketones (excluding diaryl/α,β-unsaturated/α-hetero) is 1. The predicted molar refractivity (Wildman–Crippen MR) is 183 cm³/mol. The number of carbonyl (C=O) groups is 3. The molecule has 8 rings (SSSR count). The van der Waals surface area contributed by atoms with E-state index in [2.05, 4.69) is 0 Å². The highest BCUT2D eigenvalue weighted by Crippen LogP contribution is 2.74. The van der Waals surface area contributed by atoms with Crippen molar-refractivity contribution in [3.8, 4) is 5.75 Å². The van der Waals surface area contributed by atoms with Crippen LogP contribution in [0.5, 0.6) is 5.75 Å². The molecule has 3 aliphatic rings. The first kappa shape index (κ1) is 29.4. The Hall–Kier alpha value is -4.97. The molecule has 0 N–H and O–H groups in total. The molecule has 1 saturated heterocycles. The number of fused-ring (bicyclic) bond motifs is 5. The summed E-state index contributed by atoms with van der Waals surface area (Å²) in [5, 5.41) is 0.990. The first-order valence-corrected chi connectivity index (χ1v) is 16.1. The van der Waals surface area contributed by atoms with E-state index in [-0.39, 0.29) is 5.78 Å². The number of ether oxygens (including phenoxy) is 1. The van der Waals surface area contributed by atoms with Crippen LogP contribution in [0.1, 0.15) is 22.3 Å². The van der Waals surface area contributed by atoms with Crippen molar-refractivity contribution in [2.24, 2.45) is 11.8 Å². The molecule has 5 aromatic rings. The Morgan fingerprint density at radius 2 is 1.02 bits per heavy atom. The quantitative estimate of drug-likeness (QED) is 0.173. The third kappa shape index (κ3) is 3.87. The molecule has 5 nitrogen and oxygen atoms in total. The standard InChI is InChI=1S/C40H27Cl2NO4/c1-47-31-14-8-13-30(23-31)43-36(44)34-35(37(43)45)40(27-17-21-29(42)22-18-27)33(25-11-6-3-7-12-25)32(24-9-4-2-5-10-24)39(34,38(40)46)26-15-19-28(41)20-16-26/h2-23,34-35H,1H3/t34-,35-,39-,40-/m0/s1. The average Bonchev–Trinajstić information content (AvgIpc) is 3.61. The van der Waals surface area contributed by atoms with Crippen molar-refractivity contribution in [1.29, 1.82) is 0 Å². The molecule has 2 amide bonds. The molecule has 0 radical (unpaired) electrons. The molecule has 1 saturated carbocycles. The summed E-state index contributed by atoms with van der Waals surface area (Å²) >= 11 is 12.8. The Labute approximate surface area is 282 Å². The minimum absolute atomic E-state index is 0.214. The van der Waals surface area contributed by atoms with Gasteiger partial charge >= 0.3 is 0 Å². The van der Waals surface area contributed by atoms with Gasteiger partial charge in [-0.2, -0.15) is 0 Å². The Balaban J connectivity index is 1.55. The van der Waals surface area contributed by atoms with Gasteiger partial charge in [0.15, 0.2) is 5.78 Å². The lowest BCUT2D eigenvalue weighted by molar-refractivity contribution is -0.130. The lowest BCUT2D eigenvalue weighted by atomic mass is 9.59. The van der Waals surface area contributed by atoms with E-state index in [1.807, 2.05) is 84.9 Å². The van der Waals surface area contributed by atoms with Crippen molar-refractivity contribution in [1.82, 2.24) is 0 Å². The minimum atomic E-state index is -1.53. The average molecular weight is 657 g/mol. The van der Waals surface area contributed by atoms with Crippen LogP contribution in [-0.2, 0) is 25.2 Å². The van der Waals surface area contributed by atoms with Gasteiger partial charge in [-0.1, -0.05) is 114 Å². The monoisotopic (exact) mass is 655 g/mol. The second-order valence-electron chi connectivity index (χ2n) is 12.1. The number of allylic oxidation sites excluding steroid dienone is 2.